The van der Waals surface area contributed by atoms with Crippen molar-refractivity contribution in [2.45, 2.75) is 13.5 Å². The molecule has 29 heavy (non-hydrogen) atoms. The monoisotopic (exact) mass is 396 g/mol. The molecule has 8 heteroatoms. The molecule has 0 aliphatic carbocycles. The van der Waals surface area contributed by atoms with E-state index in [1.165, 1.54) is 6.08 Å². The highest BCUT2D eigenvalue weighted by molar-refractivity contribution is 6.13. The van der Waals surface area contributed by atoms with E-state index < -0.39 is 24.5 Å². The van der Waals surface area contributed by atoms with Gasteiger partial charge in [-0.25, -0.2) is 9.59 Å². The summed E-state index contributed by atoms with van der Waals surface area (Å²) in [7, 11) is 0. The molecular weight excluding hydrogens is 376 g/mol. The number of carboxylic acid groups (broad SMARTS) is 1. The molecule has 1 heterocycles. The third-order valence-electron chi connectivity index (χ3n) is 4.08. The SMILES string of the molecule is CCOc1cc(/C=C2/NC(=O)N(Cc3ccccc3)C2=O)ccc1OCC(=O)O. The first-order valence-corrected chi connectivity index (χ1v) is 8.98. The molecular formula is C21H20N2O6. The van der Waals surface area contributed by atoms with Gasteiger partial charge < -0.3 is 19.9 Å². The van der Waals surface area contributed by atoms with Gasteiger partial charge in [0.25, 0.3) is 5.91 Å². The minimum atomic E-state index is -1.10. The molecule has 1 fully saturated rings. The zero-order valence-corrected chi connectivity index (χ0v) is 15.8. The number of nitrogens with one attached hydrogen (secondary N) is 1. The van der Waals surface area contributed by atoms with Gasteiger partial charge >= 0.3 is 12.0 Å². The van der Waals surface area contributed by atoms with E-state index in [2.05, 4.69) is 5.32 Å². The summed E-state index contributed by atoms with van der Waals surface area (Å²) in [6.45, 7) is 1.82. The van der Waals surface area contributed by atoms with Gasteiger partial charge in [0.05, 0.1) is 13.2 Å². The number of carbonyl (C=O) groups is 3. The van der Waals surface area contributed by atoms with E-state index in [0.717, 1.165) is 10.5 Å². The number of carboxylic acids is 1. The van der Waals surface area contributed by atoms with Crippen molar-refractivity contribution in [1.82, 2.24) is 10.2 Å². The van der Waals surface area contributed by atoms with Crippen molar-refractivity contribution in [3.05, 3.63) is 65.4 Å². The van der Waals surface area contributed by atoms with Gasteiger partial charge in [0.1, 0.15) is 5.70 Å². The van der Waals surface area contributed by atoms with Gasteiger partial charge in [-0.1, -0.05) is 36.4 Å². The predicted molar refractivity (Wildman–Crippen MR) is 104 cm³/mol. The highest BCUT2D eigenvalue weighted by Crippen LogP contribution is 2.30. The molecule has 1 aliphatic rings. The Bertz CT molecular complexity index is 955. The fraction of sp³-hybridized carbons (Fsp3) is 0.190. The van der Waals surface area contributed by atoms with Crippen molar-refractivity contribution < 1.29 is 29.0 Å². The van der Waals surface area contributed by atoms with Crippen LogP contribution in [0.4, 0.5) is 4.79 Å². The lowest BCUT2D eigenvalue weighted by atomic mass is 10.1. The molecule has 0 bridgehead atoms. The van der Waals surface area contributed by atoms with Crippen molar-refractivity contribution >= 4 is 24.0 Å². The Hall–Kier alpha value is -3.81. The molecule has 3 amide bonds. The summed E-state index contributed by atoms with van der Waals surface area (Å²) in [5, 5.41) is 11.3. The second-order valence-electron chi connectivity index (χ2n) is 6.19. The Labute approximate surface area is 167 Å². The van der Waals surface area contributed by atoms with Crippen LogP contribution in [0.1, 0.15) is 18.1 Å². The number of urea groups is 1. The maximum Gasteiger partial charge on any atom is 0.341 e. The van der Waals surface area contributed by atoms with E-state index in [4.69, 9.17) is 14.6 Å². The van der Waals surface area contributed by atoms with Gasteiger partial charge in [-0.05, 0) is 36.3 Å². The molecule has 2 aromatic carbocycles. The predicted octanol–water partition coefficient (Wildman–Crippen LogP) is 2.64. The molecule has 1 aliphatic heterocycles. The lowest BCUT2D eigenvalue weighted by Gasteiger charge is -2.12. The quantitative estimate of drug-likeness (QED) is 0.525. The third-order valence-corrected chi connectivity index (χ3v) is 4.08. The van der Waals surface area contributed by atoms with Gasteiger partial charge in [0, 0.05) is 0 Å². The van der Waals surface area contributed by atoms with Crippen molar-refractivity contribution in [3.8, 4) is 11.5 Å². The second kappa shape index (κ2) is 8.92. The normalized spacial score (nSPS) is 14.8. The summed E-state index contributed by atoms with van der Waals surface area (Å²) in [4.78, 5) is 36.7. The number of amides is 3. The van der Waals surface area contributed by atoms with E-state index in [-0.39, 0.29) is 18.0 Å². The molecule has 3 rings (SSSR count). The summed E-state index contributed by atoms with van der Waals surface area (Å²) in [6.07, 6.45) is 1.54. The Morgan fingerprint density at radius 2 is 1.86 bits per heavy atom. The number of benzene rings is 2. The van der Waals surface area contributed by atoms with Crippen molar-refractivity contribution in [3.63, 3.8) is 0 Å². The maximum absolute atomic E-state index is 12.6. The van der Waals surface area contributed by atoms with Gasteiger partial charge in [0.15, 0.2) is 18.1 Å². The van der Waals surface area contributed by atoms with Crippen LogP contribution in [0, 0.1) is 0 Å². The Kier molecular flexibility index (Phi) is 6.13. The Balaban J connectivity index is 1.80. The maximum atomic E-state index is 12.6. The van der Waals surface area contributed by atoms with Gasteiger partial charge in [-0.2, -0.15) is 0 Å². The van der Waals surface area contributed by atoms with E-state index >= 15 is 0 Å². The average Bonchev–Trinajstić information content (AvgIpc) is 2.96. The number of carbonyl (C=O) groups excluding carboxylic acids is 2. The molecule has 0 spiro atoms. The highest BCUT2D eigenvalue weighted by atomic mass is 16.5. The molecule has 1 saturated heterocycles. The molecule has 0 saturated carbocycles. The van der Waals surface area contributed by atoms with Crippen LogP contribution in [0.2, 0.25) is 0 Å². The number of aliphatic carboxylic acids is 1. The molecule has 8 nitrogen and oxygen atoms in total. The summed E-state index contributed by atoms with van der Waals surface area (Å²) < 4.78 is 10.7. The average molecular weight is 396 g/mol. The molecule has 0 aromatic heterocycles. The lowest BCUT2D eigenvalue weighted by molar-refractivity contribution is -0.139. The minimum Gasteiger partial charge on any atom is -0.490 e. The number of hydrogen-bond donors (Lipinski definition) is 2. The van der Waals surface area contributed by atoms with Crippen LogP contribution in [0.5, 0.6) is 11.5 Å². The fourth-order valence-corrected chi connectivity index (χ4v) is 2.79. The van der Waals surface area contributed by atoms with Gasteiger partial charge in [0.2, 0.25) is 0 Å². The number of rotatable bonds is 8. The second-order valence-corrected chi connectivity index (χ2v) is 6.19. The van der Waals surface area contributed by atoms with Crippen molar-refractivity contribution in [2.24, 2.45) is 0 Å². The first-order chi connectivity index (χ1) is 14.0. The summed E-state index contributed by atoms with van der Waals surface area (Å²) in [5.41, 5.74) is 1.59. The summed E-state index contributed by atoms with van der Waals surface area (Å²) in [6, 6.07) is 13.6. The zero-order chi connectivity index (χ0) is 20.8. The smallest absolute Gasteiger partial charge is 0.341 e. The van der Waals surface area contributed by atoms with E-state index in [9.17, 15) is 14.4 Å². The number of imide groups is 1. The van der Waals surface area contributed by atoms with Crippen LogP contribution in [0.15, 0.2) is 54.2 Å². The van der Waals surface area contributed by atoms with Crippen molar-refractivity contribution in [1.29, 1.82) is 0 Å². The molecule has 0 radical (unpaired) electrons. The number of hydrogen-bond acceptors (Lipinski definition) is 5. The number of ether oxygens (including phenoxy) is 2. The zero-order valence-electron chi connectivity index (χ0n) is 15.8. The largest absolute Gasteiger partial charge is 0.490 e. The molecule has 0 atom stereocenters. The highest BCUT2D eigenvalue weighted by Gasteiger charge is 2.33. The fourth-order valence-electron chi connectivity index (χ4n) is 2.79. The summed E-state index contributed by atoms with van der Waals surface area (Å²) >= 11 is 0. The molecule has 2 N–H and O–H groups in total. The lowest BCUT2D eigenvalue weighted by Crippen LogP contribution is -2.30. The third kappa shape index (κ3) is 4.92. The van der Waals surface area contributed by atoms with E-state index in [1.807, 2.05) is 30.3 Å². The van der Waals surface area contributed by atoms with Crippen LogP contribution in [0.3, 0.4) is 0 Å². The molecule has 2 aromatic rings. The minimum absolute atomic E-state index is 0.146. The van der Waals surface area contributed by atoms with Gasteiger partial charge in [-0.15, -0.1) is 0 Å². The van der Waals surface area contributed by atoms with Gasteiger partial charge in [-0.3, -0.25) is 9.69 Å². The first kappa shape index (κ1) is 19.9. The van der Waals surface area contributed by atoms with Crippen LogP contribution in [-0.2, 0) is 16.1 Å². The Morgan fingerprint density at radius 3 is 2.55 bits per heavy atom. The Morgan fingerprint density at radius 1 is 1.10 bits per heavy atom. The topological polar surface area (TPSA) is 105 Å². The summed E-state index contributed by atoms with van der Waals surface area (Å²) in [5.74, 6) is -0.899. The number of nitrogens with zero attached hydrogens (tertiary/aromatic N) is 1. The standard InChI is InChI=1S/C21H20N2O6/c1-2-28-18-11-15(8-9-17(18)29-13-19(24)25)10-16-20(26)23(21(27)22-16)12-14-6-4-3-5-7-14/h3-11H,2,12-13H2,1H3,(H,22,27)(H,24,25)/b16-10+. The van der Waals surface area contributed by atoms with E-state index in [0.29, 0.717) is 17.9 Å². The molecule has 0 unspecified atom stereocenters. The molecule has 150 valence electrons. The first-order valence-electron chi connectivity index (χ1n) is 8.98. The van der Waals surface area contributed by atoms with Crippen LogP contribution < -0.4 is 14.8 Å². The van der Waals surface area contributed by atoms with E-state index in [1.54, 1.807) is 25.1 Å². The van der Waals surface area contributed by atoms with Crippen LogP contribution >= 0.6 is 0 Å². The van der Waals surface area contributed by atoms with Crippen LogP contribution in [-0.4, -0.2) is 41.1 Å². The van der Waals surface area contributed by atoms with Crippen LogP contribution in [0.25, 0.3) is 6.08 Å². The van der Waals surface area contributed by atoms with Crippen molar-refractivity contribution in [2.75, 3.05) is 13.2 Å².